The predicted octanol–water partition coefficient (Wildman–Crippen LogP) is 7.65. The lowest BCUT2D eigenvalue weighted by Gasteiger charge is -2.39. The van der Waals surface area contributed by atoms with Crippen molar-refractivity contribution >= 4 is 11.8 Å². The standard InChI is InChI=1S/C24H21F9N2O2/c1-37-21(36)35(11-12-6-15(23(28,29)30)8-16(7-12)24(31,32)33)20-10-19(13-2-3-13)34-18-5-4-14(9-17(18)20)22(25,26)27/h4-9,13,19-20,34H,2-3,10-11H2,1H3/t19-,20-/m1/s1. The van der Waals surface area contributed by atoms with Gasteiger partial charge in [0.15, 0.2) is 0 Å². The lowest BCUT2D eigenvalue weighted by atomic mass is 9.88. The maximum atomic E-state index is 13.4. The summed E-state index contributed by atoms with van der Waals surface area (Å²) in [5.41, 5.74) is -4.30. The third-order valence-corrected chi connectivity index (χ3v) is 6.53. The summed E-state index contributed by atoms with van der Waals surface area (Å²) < 4.78 is 125. The van der Waals surface area contributed by atoms with Crippen LogP contribution < -0.4 is 5.32 Å². The van der Waals surface area contributed by atoms with E-state index in [4.69, 9.17) is 4.74 Å². The van der Waals surface area contributed by atoms with Gasteiger partial charge in [-0.1, -0.05) is 0 Å². The van der Waals surface area contributed by atoms with Crippen LogP contribution in [0.25, 0.3) is 0 Å². The highest BCUT2D eigenvalue weighted by Crippen LogP contribution is 2.47. The summed E-state index contributed by atoms with van der Waals surface area (Å²) in [6.07, 6.45) is -14.3. The normalized spacial score (nSPS) is 20.2. The minimum Gasteiger partial charge on any atom is -0.453 e. The Labute approximate surface area is 205 Å². The summed E-state index contributed by atoms with van der Waals surface area (Å²) in [5.74, 6) is 0.169. The lowest BCUT2D eigenvalue weighted by molar-refractivity contribution is -0.143. The molecule has 37 heavy (non-hydrogen) atoms. The highest BCUT2D eigenvalue weighted by Gasteiger charge is 2.43. The van der Waals surface area contributed by atoms with Crippen molar-refractivity contribution in [3.63, 3.8) is 0 Å². The molecule has 0 spiro atoms. The Kier molecular flexibility index (Phi) is 6.78. The number of benzene rings is 2. The Morgan fingerprint density at radius 2 is 1.46 bits per heavy atom. The molecule has 1 N–H and O–H groups in total. The van der Waals surface area contributed by atoms with Crippen LogP contribution in [0.3, 0.4) is 0 Å². The molecule has 2 aromatic carbocycles. The topological polar surface area (TPSA) is 41.6 Å². The highest BCUT2D eigenvalue weighted by atomic mass is 19.4. The van der Waals surface area contributed by atoms with Crippen LogP contribution in [0.2, 0.25) is 0 Å². The van der Waals surface area contributed by atoms with E-state index in [9.17, 15) is 44.3 Å². The van der Waals surface area contributed by atoms with Crippen molar-refractivity contribution < 1.29 is 49.0 Å². The number of anilines is 1. The Balaban J connectivity index is 1.80. The molecule has 1 aliphatic heterocycles. The first-order valence-corrected chi connectivity index (χ1v) is 11.2. The molecule has 4 nitrogen and oxygen atoms in total. The van der Waals surface area contributed by atoms with E-state index in [1.807, 2.05) is 0 Å². The highest BCUT2D eigenvalue weighted by molar-refractivity contribution is 5.70. The summed E-state index contributed by atoms with van der Waals surface area (Å²) in [5, 5.41) is 3.16. The molecule has 2 aromatic rings. The van der Waals surface area contributed by atoms with Crippen LogP contribution >= 0.6 is 0 Å². The predicted molar refractivity (Wildman–Crippen MR) is 113 cm³/mol. The van der Waals surface area contributed by atoms with Crippen molar-refractivity contribution in [2.45, 2.75) is 56.4 Å². The number of hydrogen-bond acceptors (Lipinski definition) is 3. The zero-order valence-electron chi connectivity index (χ0n) is 19.2. The quantitative estimate of drug-likeness (QED) is 0.405. The maximum absolute atomic E-state index is 13.4. The van der Waals surface area contributed by atoms with E-state index >= 15 is 0 Å². The summed E-state index contributed by atoms with van der Waals surface area (Å²) >= 11 is 0. The van der Waals surface area contributed by atoms with Crippen molar-refractivity contribution in [2.24, 2.45) is 5.92 Å². The van der Waals surface area contributed by atoms with Crippen LogP contribution in [-0.4, -0.2) is 24.1 Å². The number of amides is 1. The molecule has 1 heterocycles. The number of halogens is 9. The van der Waals surface area contributed by atoms with E-state index in [0.29, 0.717) is 17.8 Å². The van der Waals surface area contributed by atoms with Gasteiger partial charge in [0.2, 0.25) is 0 Å². The van der Waals surface area contributed by atoms with Crippen LogP contribution in [0.4, 0.5) is 50.0 Å². The fraction of sp³-hybridized carbons (Fsp3) is 0.458. The van der Waals surface area contributed by atoms with Gasteiger partial charge in [-0.25, -0.2) is 4.79 Å². The van der Waals surface area contributed by atoms with Crippen molar-refractivity contribution in [3.05, 3.63) is 64.2 Å². The first-order valence-electron chi connectivity index (χ1n) is 11.2. The molecule has 0 saturated heterocycles. The van der Waals surface area contributed by atoms with E-state index in [0.717, 1.165) is 37.0 Å². The van der Waals surface area contributed by atoms with Crippen LogP contribution in [-0.2, 0) is 29.8 Å². The monoisotopic (exact) mass is 540 g/mol. The van der Waals surface area contributed by atoms with Crippen LogP contribution in [0.15, 0.2) is 36.4 Å². The van der Waals surface area contributed by atoms with E-state index in [-0.39, 0.29) is 30.0 Å². The molecule has 0 unspecified atom stereocenters. The number of carbonyl (C=O) groups excluding carboxylic acids is 1. The van der Waals surface area contributed by atoms with Gasteiger partial charge in [0.1, 0.15) is 0 Å². The molecule has 1 amide bonds. The maximum Gasteiger partial charge on any atom is 0.416 e. The van der Waals surface area contributed by atoms with Gasteiger partial charge >= 0.3 is 24.6 Å². The number of hydrogen-bond donors (Lipinski definition) is 1. The molecule has 1 fully saturated rings. The molecule has 2 aliphatic rings. The fourth-order valence-electron chi connectivity index (χ4n) is 4.60. The number of carbonyl (C=O) groups is 1. The molecule has 1 aliphatic carbocycles. The second-order valence-electron chi connectivity index (χ2n) is 9.15. The van der Waals surface area contributed by atoms with Gasteiger partial charge in [0.05, 0.1) is 29.8 Å². The molecule has 0 radical (unpaired) electrons. The van der Waals surface area contributed by atoms with Gasteiger partial charge < -0.3 is 10.1 Å². The first kappa shape index (κ1) is 26.9. The summed E-state index contributed by atoms with van der Waals surface area (Å²) in [6.45, 7) is -0.753. The second kappa shape index (κ2) is 9.32. The smallest absolute Gasteiger partial charge is 0.416 e. The molecule has 1 saturated carbocycles. The molecule has 13 heteroatoms. The third kappa shape index (κ3) is 5.90. The van der Waals surface area contributed by atoms with Gasteiger partial charge in [-0.15, -0.1) is 0 Å². The van der Waals surface area contributed by atoms with E-state index in [2.05, 4.69) is 5.32 Å². The van der Waals surface area contributed by atoms with Crippen LogP contribution in [0, 0.1) is 5.92 Å². The minimum atomic E-state index is -5.11. The Morgan fingerprint density at radius 1 is 0.892 bits per heavy atom. The van der Waals surface area contributed by atoms with Crippen LogP contribution in [0.5, 0.6) is 0 Å². The molecule has 202 valence electrons. The summed E-state index contributed by atoms with van der Waals surface area (Å²) in [7, 11) is 0.967. The van der Waals surface area contributed by atoms with Crippen molar-refractivity contribution in [3.8, 4) is 0 Å². The number of fused-ring (bicyclic) bond motifs is 1. The molecule has 4 rings (SSSR count). The molecule has 2 atom stereocenters. The second-order valence-corrected chi connectivity index (χ2v) is 9.15. The summed E-state index contributed by atoms with van der Waals surface area (Å²) in [4.78, 5) is 13.7. The van der Waals surface area contributed by atoms with Gasteiger partial charge in [0.25, 0.3) is 0 Å². The van der Waals surface area contributed by atoms with Gasteiger partial charge in [-0.05, 0) is 72.7 Å². The zero-order chi connectivity index (χ0) is 27.3. The first-order chi connectivity index (χ1) is 17.1. The largest absolute Gasteiger partial charge is 0.453 e. The fourth-order valence-corrected chi connectivity index (χ4v) is 4.60. The van der Waals surface area contributed by atoms with Gasteiger partial charge in [-0.3, -0.25) is 4.90 Å². The summed E-state index contributed by atoms with van der Waals surface area (Å²) in [6, 6.07) is 2.48. The van der Waals surface area contributed by atoms with E-state index in [1.54, 1.807) is 0 Å². The number of rotatable bonds is 4. The third-order valence-electron chi connectivity index (χ3n) is 6.53. The average Bonchev–Trinajstić information content (AvgIpc) is 3.65. The van der Waals surface area contributed by atoms with Gasteiger partial charge in [0, 0.05) is 18.3 Å². The van der Waals surface area contributed by atoms with Crippen LogP contribution in [0.1, 0.15) is 53.1 Å². The SMILES string of the molecule is COC(=O)N(Cc1cc(C(F)(F)F)cc(C(F)(F)F)c1)[C@@H]1C[C@H](C2CC2)Nc2ccc(C(F)(F)F)cc21. The number of methoxy groups -OCH3 is 1. The number of ether oxygens (including phenoxy) is 1. The Bertz CT molecular complexity index is 1140. The number of nitrogens with zero attached hydrogens (tertiary/aromatic N) is 1. The Hall–Kier alpha value is -3.12. The average molecular weight is 540 g/mol. The lowest BCUT2D eigenvalue weighted by Crippen LogP contribution is -2.41. The number of alkyl halides is 9. The minimum absolute atomic E-state index is 0.0372. The Morgan fingerprint density at radius 3 is 1.95 bits per heavy atom. The zero-order valence-corrected chi connectivity index (χ0v) is 19.2. The molecule has 0 aromatic heterocycles. The molecular formula is C24H21F9N2O2. The van der Waals surface area contributed by atoms with Crippen molar-refractivity contribution in [2.75, 3.05) is 12.4 Å². The van der Waals surface area contributed by atoms with Crippen molar-refractivity contribution in [1.29, 1.82) is 0 Å². The molecule has 0 bridgehead atoms. The van der Waals surface area contributed by atoms with E-state index in [1.165, 1.54) is 6.07 Å². The van der Waals surface area contributed by atoms with Crippen molar-refractivity contribution in [1.82, 2.24) is 4.90 Å². The van der Waals surface area contributed by atoms with Gasteiger partial charge in [-0.2, -0.15) is 39.5 Å². The molecular weight excluding hydrogens is 519 g/mol. The van der Waals surface area contributed by atoms with E-state index < -0.39 is 59.5 Å². The number of nitrogens with one attached hydrogen (secondary N) is 1.